The molecule has 1 N–H and O–H groups in total. The Morgan fingerprint density at radius 3 is 2.30 bits per heavy atom. The van der Waals surface area contributed by atoms with Crippen LogP contribution < -0.4 is 4.72 Å². The van der Waals surface area contributed by atoms with Crippen molar-refractivity contribution >= 4 is 20.8 Å². The van der Waals surface area contributed by atoms with Gasteiger partial charge < -0.3 is 0 Å². The maximum absolute atomic E-state index is 12.5. The highest BCUT2D eigenvalue weighted by molar-refractivity contribution is 7.89. The molecule has 0 bridgehead atoms. The Morgan fingerprint density at radius 1 is 0.957 bits per heavy atom. The Bertz CT molecular complexity index is 762. The molecule has 1 fully saturated rings. The quantitative estimate of drug-likeness (QED) is 0.886. The largest absolute Gasteiger partial charge is 0.240 e. The van der Waals surface area contributed by atoms with Gasteiger partial charge in [0.2, 0.25) is 10.0 Å². The molecule has 1 aliphatic rings. The van der Waals surface area contributed by atoms with Crippen LogP contribution in [0.15, 0.2) is 47.4 Å². The van der Waals surface area contributed by atoms with Crippen molar-refractivity contribution < 1.29 is 8.42 Å². The van der Waals surface area contributed by atoms with E-state index in [1.54, 1.807) is 12.1 Å². The fraction of sp³-hybridized carbons (Fsp3) is 0.474. The van der Waals surface area contributed by atoms with Crippen LogP contribution in [-0.2, 0) is 10.0 Å². The lowest BCUT2D eigenvalue weighted by Gasteiger charge is -2.27. The fourth-order valence-electron chi connectivity index (χ4n) is 3.49. The van der Waals surface area contributed by atoms with Crippen molar-refractivity contribution in [1.82, 2.24) is 4.72 Å². The first-order chi connectivity index (χ1) is 11.1. The number of hydrogen-bond acceptors (Lipinski definition) is 2. The van der Waals surface area contributed by atoms with Gasteiger partial charge in [0, 0.05) is 6.54 Å². The van der Waals surface area contributed by atoms with E-state index in [-0.39, 0.29) is 0 Å². The summed E-state index contributed by atoms with van der Waals surface area (Å²) in [5, 5.41) is 2.02. The highest BCUT2D eigenvalue weighted by Gasteiger charge is 2.22. The summed E-state index contributed by atoms with van der Waals surface area (Å²) in [4.78, 5) is 0.360. The summed E-state index contributed by atoms with van der Waals surface area (Å²) in [5.41, 5.74) is 0. The highest BCUT2D eigenvalue weighted by atomic mass is 32.2. The molecular formula is C19H25NO2S. The summed E-state index contributed by atoms with van der Waals surface area (Å²) in [6.07, 6.45) is 5.99. The summed E-state index contributed by atoms with van der Waals surface area (Å²) in [6.45, 7) is 2.80. The van der Waals surface area contributed by atoms with Gasteiger partial charge in [0.15, 0.2) is 0 Å². The number of rotatable bonds is 5. The molecule has 0 spiro atoms. The number of sulfonamides is 1. The van der Waals surface area contributed by atoms with E-state index in [2.05, 4.69) is 11.6 Å². The molecule has 2 aromatic rings. The smallest absolute Gasteiger partial charge is 0.211 e. The molecule has 0 aromatic heterocycles. The zero-order chi connectivity index (χ0) is 16.3. The zero-order valence-electron chi connectivity index (χ0n) is 13.7. The van der Waals surface area contributed by atoms with Crippen molar-refractivity contribution in [2.24, 2.45) is 11.8 Å². The topological polar surface area (TPSA) is 46.2 Å². The number of benzene rings is 2. The van der Waals surface area contributed by atoms with E-state index in [1.807, 2.05) is 30.3 Å². The second kappa shape index (κ2) is 7.02. The Balaban J connectivity index is 1.66. The van der Waals surface area contributed by atoms with Gasteiger partial charge in [0.1, 0.15) is 0 Å². The molecule has 3 rings (SSSR count). The predicted molar refractivity (Wildman–Crippen MR) is 94.9 cm³/mol. The summed E-state index contributed by atoms with van der Waals surface area (Å²) in [5.74, 6) is 1.32. The van der Waals surface area contributed by atoms with Crippen LogP contribution in [0.1, 0.15) is 39.0 Å². The minimum Gasteiger partial charge on any atom is -0.211 e. The van der Waals surface area contributed by atoms with Gasteiger partial charge in [-0.1, -0.05) is 56.5 Å². The fourth-order valence-corrected chi connectivity index (χ4v) is 4.64. The van der Waals surface area contributed by atoms with Crippen molar-refractivity contribution in [2.75, 3.05) is 6.54 Å². The Labute approximate surface area is 139 Å². The molecule has 0 saturated heterocycles. The molecule has 0 amide bonds. The van der Waals surface area contributed by atoms with E-state index in [0.717, 1.165) is 29.5 Å². The monoisotopic (exact) mass is 331 g/mol. The average molecular weight is 331 g/mol. The lowest BCUT2D eigenvalue weighted by atomic mass is 9.81. The van der Waals surface area contributed by atoms with Crippen LogP contribution in [-0.4, -0.2) is 15.0 Å². The van der Waals surface area contributed by atoms with Gasteiger partial charge in [-0.3, -0.25) is 0 Å². The van der Waals surface area contributed by atoms with Crippen LogP contribution >= 0.6 is 0 Å². The van der Waals surface area contributed by atoms with E-state index in [0.29, 0.717) is 17.4 Å². The SMILES string of the molecule is CCC1CCC(CNS(=O)(=O)c2ccc3ccccc3c2)CC1. The molecule has 124 valence electrons. The van der Waals surface area contributed by atoms with Crippen LogP contribution in [0.4, 0.5) is 0 Å². The summed E-state index contributed by atoms with van der Waals surface area (Å²) in [7, 11) is -3.42. The van der Waals surface area contributed by atoms with Gasteiger partial charge in [-0.15, -0.1) is 0 Å². The third kappa shape index (κ3) is 3.93. The van der Waals surface area contributed by atoms with Crippen LogP contribution in [0.3, 0.4) is 0 Å². The summed E-state index contributed by atoms with van der Waals surface area (Å²) < 4.78 is 27.9. The van der Waals surface area contributed by atoms with Gasteiger partial charge in [-0.05, 0) is 47.6 Å². The van der Waals surface area contributed by atoms with E-state index in [9.17, 15) is 8.42 Å². The highest BCUT2D eigenvalue weighted by Crippen LogP contribution is 2.30. The second-order valence-electron chi connectivity index (χ2n) is 6.66. The molecular weight excluding hydrogens is 306 g/mol. The van der Waals surface area contributed by atoms with Crippen LogP contribution in [0.25, 0.3) is 10.8 Å². The molecule has 0 atom stereocenters. The third-order valence-electron chi connectivity index (χ3n) is 5.14. The maximum atomic E-state index is 12.5. The molecule has 0 unspecified atom stereocenters. The zero-order valence-corrected chi connectivity index (χ0v) is 14.5. The number of nitrogens with one attached hydrogen (secondary N) is 1. The van der Waals surface area contributed by atoms with Crippen LogP contribution in [0.5, 0.6) is 0 Å². The lowest BCUT2D eigenvalue weighted by Crippen LogP contribution is -2.31. The number of fused-ring (bicyclic) bond motifs is 1. The van der Waals surface area contributed by atoms with E-state index < -0.39 is 10.0 Å². The van der Waals surface area contributed by atoms with Crippen molar-refractivity contribution in [2.45, 2.75) is 43.9 Å². The first-order valence-corrected chi connectivity index (χ1v) is 10.1. The average Bonchev–Trinajstić information content (AvgIpc) is 2.60. The van der Waals surface area contributed by atoms with E-state index in [1.165, 1.54) is 19.3 Å². The molecule has 23 heavy (non-hydrogen) atoms. The molecule has 0 heterocycles. The van der Waals surface area contributed by atoms with Gasteiger partial charge in [0.25, 0.3) is 0 Å². The van der Waals surface area contributed by atoms with Gasteiger partial charge in [-0.2, -0.15) is 0 Å². The number of hydrogen-bond donors (Lipinski definition) is 1. The molecule has 3 nitrogen and oxygen atoms in total. The molecule has 2 aromatic carbocycles. The normalized spacial score (nSPS) is 22.3. The maximum Gasteiger partial charge on any atom is 0.240 e. The Morgan fingerprint density at radius 2 is 1.61 bits per heavy atom. The molecule has 1 saturated carbocycles. The predicted octanol–water partition coefficient (Wildman–Crippen LogP) is 4.33. The minimum atomic E-state index is -3.42. The van der Waals surface area contributed by atoms with Gasteiger partial charge in [-0.25, -0.2) is 13.1 Å². The van der Waals surface area contributed by atoms with Gasteiger partial charge >= 0.3 is 0 Å². The Hall–Kier alpha value is -1.39. The van der Waals surface area contributed by atoms with E-state index >= 15 is 0 Å². The van der Waals surface area contributed by atoms with Crippen LogP contribution in [0.2, 0.25) is 0 Å². The second-order valence-corrected chi connectivity index (χ2v) is 8.42. The molecule has 1 aliphatic carbocycles. The lowest BCUT2D eigenvalue weighted by molar-refractivity contribution is 0.270. The van der Waals surface area contributed by atoms with Crippen molar-refractivity contribution in [3.05, 3.63) is 42.5 Å². The summed E-state index contributed by atoms with van der Waals surface area (Å²) in [6, 6.07) is 13.1. The first-order valence-electron chi connectivity index (χ1n) is 8.57. The third-order valence-corrected chi connectivity index (χ3v) is 6.56. The van der Waals surface area contributed by atoms with E-state index in [4.69, 9.17) is 0 Å². The molecule has 4 heteroatoms. The van der Waals surface area contributed by atoms with Crippen molar-refractivity contribution in [3.63, 3.8) is 0 Å². The first kappa shape index (κ1) is 16.5. The van der Waals surface area contributed by atoms with Gasteiger partial charge in [0.05, 0.1) is 4.90 Å². The minimum absolute atomic E-state index is 0.360. The van der Waals surface area contributed by atoms with Crippen LogP contribution in [0, 0.1) is 11.8 Å². The standard InChI is InChI=1S/C19H25NO2S/c1-2-15-7-9-16(10-8-15)14-20-23(21,22)19-12-11-17-5-3-4-6-18(17)13-19/h3-6,11-13,15-16,20H,2,7-10,14H2,1H3. The molecule has 0 radical (unpaired) electrons. The van der Waals surface area contributed by atoms with Crippen molar-refractivity contribution in [1.29, 1.82) is 0 Å². The van der Waals surface area contributed by atoms with Crippen molar-refractivity contribution in [3.8, 4) is 0 Å². The summed E-state index contributed by atoms with van der Waals surface area (Å²) >= 11 is 0. The Kier molecular flexibility index (Phi) is 5.02. The molecule has 0 aliphatic heterocycles.